The molecular formula is C15H20ClN3O2. The van der Waals surface area contributed by atoms with Crippen LogP contribution in [0, 0.1) is 0 Å². The maximum atomic E-state index is 6.40. The molecule has 0 unspecified atom stereocenters. The number of halogens is 1. The monoisotopic (exact) mass is 309 g/mol. The molecule has 1 saturated carbocycles. The van der Waals surface area contributed by atoms with Crippen molar-refractivity contribution in [3.05, 3.63) is 30.2 Å². The molecule has 1 fully saturated rings. The average Bonchev–Trinajstić information content (AvgIpc) is 2.99. The van der Waals surface area contributed by atoms with Crippen LogP contribution in [0.25, 0.3) is 11.4 Å². The normalized spacial score (nSPS) is 17.0. The van der Waals surface area contributed by atoms with Crippen LogP contribution in [0.1, 0.15) is 38.0 Å². The van der Waals surface area contributed by atoms with E-state index in [9.17, 15) is 0 Å². The quantitative estimate of drug-likeness (QED) is 0.941. The zero-order valence-corrected chi connectivity index (χ0v) is 12.9. The van der Waals surface area contributed by atoms with Crippen molar-refractivity contribution in [1.29, 1.82) is 0 Å². The summed E-state index contributed by atoms with van der Waals surface area (Å²) in [5.41, 5.74) is 6.86. The van der Waals surface area contributed by atoms with Gasteiger partial charge in [0.1, 0.15) is 5.75 Å². The highest BCUT2D eigenvalue weighted by molar-refractivity contribution is 5.85. The van der Waals surface area contributed by atoms with Crippen molar-refractivity contribution < 1.29 is 9.26 Å². The number of hydrogen-bond donors (Lipinski definition) is 1. The summed E-state index contributed by atoms with van der Waals surface area (Å²) in [4.78, 5) is 4.49. The van der Waals surface area contributed by atoms with Crippen LogP contribution in [-0.2, 0) is 5.54 Å². The lowest BCUT2D eigenvalue weighted by Gasteiger charge is -2.29. The summed E-state index contributed by atoms with van der Waals surface area (Å²) < 4.78 is 10.5. The van der Waals surface area contributed by atoms with Gasteiger partial charge in [0.15, 0.2) is 0 Å². The largest absolute Gasteiger partial charge is 0.497 e. The lowest BCUT2D eigenvalue weighted by atomic mass is 9.82. The summed E-state index contributed by atoms with van der Waals surface area (Å²) in [6.45, 7) is 0. The maximum absolute atomic E-state index is 6.40. The van der Waals surface area contributed by atoms with Crippen LogP contribution < -0.4 is 10.5 Å². The molecule has 1 heterocycles. The summed E-state index contributed by atoms with van der Waals surface area (Å²) >= 11 is 0. The Balaban J connectivity index is 0.00000161. The number of aromatic nitrogens is 2. The first-order valence-corrected chi connectivity index (χ1v) is 6.99. The smallest absolute Gasteiger partial charge is 0.247 e. The van der Waals surface area contributed by atoms with Crippen molar-refractivity contribution in [3.8, 4) is 17.1 Å². The Hall–Kier alpha value is -1.59. The first-order chi connectivity index (χ1) is 9.71. The number of rotatable bonds is 3. The lowest BCUT2D eigenvalue weighted by molar-refractivity contribution is 0.220. The highest BCUT2D eigenvalue weighted by Gasteiger charge is 2.35. The van der Waals surface area contributed by atoms with Gasteiger partial charge in [-0.05, 0) is 37.1 Å². The van der Waals surface area contributed by atoms with Gasteiger partial charge >= 0.3 is 0 Å². The second-order valence-electron chi connectivity index (χ2n) is 5.37. The topological polar surface area (TPSA) is 74.2 Å². The molecule has 0 atom stereocenters. The van der Waals surface area contributed by atoms with Crippen LogP contribution in [0.2, 0.25) is 0 Å². The number of benzene rings is 1. The maximum Gasteiger partial charge on any atom is 0.247 e. The van der Waals surface area contributed by atoms with Crippen molar-refractivity contribution in [1.82, 2.24) is 10.1 Å². The highest BCUT2D eigenvalue weighted by Crippen LogP contribution is 2.34. The molecule has 1 aromatic heterocycles. The van der Waals surface area contributed by atoms with E-state index in [0.717, 1.165) is 37.0 Å². The fourth-order valence-corrected chi connectivity index (χ4v) is 2.68. The van der Waals surface area contributed by atoms with Crippen LogP contribution >= 0.6 is 12.4 Å². The van der Waals surface area contributed by atoms with Gasteiger partial charge in [-0.15, -0.1) is 12.4 Å². The molecule has 2 aromatic rings. The first-order valence-electron chi connectivity index (χ1n) is 6.99. The molecule has 2 N–H and O–H groups in total. The third-order valence-electron chi connectivity index (χ3n) is 3.95. The van der Waals surface area contributed by atoms with Gasteiger partial charge in [-0.2, -0.15) is 4.98 Å². The van der Waals surface area contributed by atoms with Crippen molar-refractivity contribution in [3.63, 3.8) is 0 Å². The number of ether oxygens (including phenoxy) is 1. The number of methoxy groups -OCH3 is 1. The van der Waals surface area contributed by atoms with Crippen LogP contribution in [0.15, 0.2) is 28.8 Å². The van der Waals surface area contributed by atoms with Crippen LogP contribution in [0.3, 0.4) is 0 Å². The molecule has 0 saturated heterocycles. The van der Waals surface area contributed by atoms with E-state index in [2.05, 4.69) is 10.1 Å². The lowest BCUT2D eigenvalue weighted by Crippen LogP contribution is -2.38. The van der Waals surface area contributed by atoms with Crippen LogP contribution in [-0.4, -0.2) is 17.3 Å². The summed E-state index contributed by atoms with van der Waals surface area (Å²) in [5.74, 6) is 1.95. The Labute approximate surface area is 130 Å². The molecule has 5 nitrogen and oxygen atoms in total. The Morgan fingerprint density at radius 2 is 1.81 bits per heavy atom. The molecule has 0 spiro atoms. The van der Waals surface area contributed by atoms with Gasteiger partial charge in [-0.25, -0.2) is 0 Å². The molecule has 0 amide bonds. The second-order valence-corrected chi connectivity index (χ2v) is 5.37. The second kappa shape index (κ2) is 6.45. The summed E-state index contributed by atoms with van der Waals surface area (Å²) in [6, 6.07) is 7.59. The van der Waals surface area contributed by atoms with E-state index in [0.29, 0.717) is 11.7 Å². The van der Waals surface area contributed by atoms with E-state index < -0.39 is 5.54 Å². The molecule has 0 aliphatic heterocycles. The predicted octanol–water partition coefficient (Wildman–Crippen LogP) is 3.29. The Morgan fingerprint density at radius 1 is 1.14 bits per heavy atom. The molecule has 0 radical (unpaired) electrons. The minimum atomic E-state index is -0.448. The minimum Gasteiger partial charge on any atom is -0.497 e. The van der Waals surface area contributed by atoms with Gasteiger partial charge in [-0.1, -0.05) is 24.4 Å². The van der Waals surface area contributed by atoms with Gasteiger partial charge in [0.2, 0.25) is 11.7 Å². The average molecular weight is 310 g/mol. The first kappa shape index (κ1) is 15.8. The molecule has 3 rings (SSSR count). The van der Waals surface area contributed by atoms with E-state index >= 15 is 0 Å². The zero-order chi connectivity index (χ0) is 14.0. The SMILES string of the molecule is COc1ccc(-c2noc(C3(N)CCCCC3)n2)cc1.Cl. The van der Waals surface area contributed by atoms with E-state index in [1.165, 1.54) is 6.42 Å². The van der Waals surface area contributed by atoms with Crippen molar-refractivity contribution in [2.45, 2.75) is 37.6 Å². The van der Waals surface area contributed by atoms with Gasteiger partial charge in [0, 0.05) is 5.56 Å². The van der Waals surface area contributed by atoms with Crippen LogP contribution in [0.5, 0.6) is 5.75 Å². The molecule has 1 aliphatic carbocycles. The van der Waals surface area contributed by atoms with Gasteiger partial charge in [0.25, 0.3) is 0 Å². The molecule has 21 heavy (non-hydrogen) atoms. The summed E-state index contributed by atoms with van der Waals surface area (Å²) in [5, 5.41) is 4.06. The molecule has 6 heteroatoms. The van der Waals surface area contributed by atoms with Gasteiger partial charge in [-0.3, -0.25) is 0 Å². The van der Waals surface area contributed by atoms with E-state index in [1.54, 1.807) is 7.11 Å². The predicted molar refractivity (Wildman–Crippen MR) is 82.5 cm³/mol. The number of hydrogen-bond acceptors (Lipinski definition) is 5. The molecule has 114 valence electrons. The molecular weight excluding hydrogens is 290 g/mol. The van der Waals surface area contributed by atoms with Crippen molar-refractivity contribution in [2.24, 2.45) is 5.73 Å². The van der Waals surface area contributed by atoms with Crippen molar-refractivity contribution >= 4 is 12.4 Å². The number of nitrogens with zero attached hydrogens (tertiary/aromatic N) is 2. The molecule has 1 aliphatic rings. The van der Waals surface area contributed by atoms with Crippen LogP contribution in [0.4, 0.5) is 0 Å². The zero-order valence-electron chi connectivity index (χ0n) is 12.0. The summed E-state index contributed by atoms with van der Waals surface area (Å²) in [7, 11) is 1.64. The van der Waals surface area contributed by atoms with Gasteiger partial charge < -0.3 is 15.0 Å². The van der Waals surface area contributed by atoms with E-state index in [-0.39, 0.29) is 12.4 Å². The fraction of sp³-hybridized carbons (Fsp3) is 0.467. The third kappa shape index (κ3) is 3.19. The van der Waals surface area contributed by atoms with E-state index in [1.807, 2.05) is 24.3 Å². The Bertz CT molecular complexity index is 577. The van der Waals surface area contributed by atoms with E-state index in [4.69, 9.17) is 15.0 Å². The number of nitrogens with two attached hydrogens (primary N) is 1. The fourth-order valence-electron chi connectivity index (χ4n) is 2.68. The minimum absolute atomic E-state index is 0. The van der Waals surface area contributed by atoms with Crippen molar-refractivity contribution in [2.75, 3.05) is 7.11 Å². The Morgan fingerprint density at radius 3 is 2.43 bits per heavy atom. The molecule has 1 aromatic carbocycles. The highest BCUT2D eigenvalue weighted by atomic mass is 35.5. The molecule has 0 bridgehead atoms. The third-order valence-corrected chi connectivity index (χ3v) is 3.95. The standard InChI is InChI=1S/C15H19N3O2.ClH/c1-19-12-7-5-11(6-8-12)13-17-14(20-18-13)15(16)9-3-2-4-10-15;/h5-8H,2-4,9-10,16H2,1H3;1H. The summed E-state index contributed by atoms with van der Waals surface area (Å²) in [6.07, 6.45) is 5.31. The van der Waals surface area contributed by atoms with Gasteiger partial charge in [0.05, 0.1) is 12.6 Å². The Kier molecular flexibility index (Phi) is 4.85.